The Morgan fingerprint density at radius 1 is 1.22 bits per heavy atom. The summed E-state index contributed by atoms with van der Waals surface area (Å²) in [5.41, 5.74) is 2.38. The van der Waals surface area contributed by atoms with E-state index >= 15 is 0 Å². The molecule has 8 nitrogen and oxygen atoms in total. The van der Waals surface area contributed by atoms with Gasteiger partial charge in [0.2, 0.25) is 11.1 Å². The maximum Gasteiger partial charge on any atom is 0.341 e. The molecule has 1 aliphatic carbocycles. The van der Waals surface area contributed by atoms with Crippen molar-refractivity contribution in [1.29, 1.82) is 0 Å². The van der Waals surface area contributed by atoms with Crippen LogP contribution in [0.25, 0.3) is 5.69 Å². The zero-order valence-electron chi connectivity index (χ0n) is 18.0. The van der Waals surface area contributed by atoms with Crippen molar-refractivity contribution in [2.24, 2.45) is 0 Å². The standard InChI is InChI=1S/C22H25N5O3S2/c1-3-30-21(29)18-16-12-8-5-9-13-17(16)32-20(18)23-19(28)14(2)31-22-24-25-26-27(22)15-10-6-4-7-11-15/h4,6-7,10-11,14H,3,5,8-9,12-13H2,1-2H3,(H,23,28). The number of anilines is 1. The Bertz CT molecular complexity index is 1100. The number of ether oxygens (including phenoxy) is 1. The molecule has 1 unspecified atom stereocenters. The van der Waals surface area contributed by atoms with E-state index in [0.29, 0.717) is 22.3 Å². The zero-order chi connectivity index (χ0) is 22.5. The monoisotopic (exact) mass is 471 g/mol. The molecule has 0 radical (unpaired) electrons. The highest BCUT2D eigenvalue weighted by atomic mass is 32.2. The number of nitrogens with one attached hydrogen (secondary N) is 1. The van der Waals surface area contributed by atoms with Crippen molar-refractivity contribution in [2.75, 3.05) is 11.9 Å². The molecular weight excluding hydrogens is 446 g/mol. The number of fused-ring (bicyclic) bond motifs is 1. The summed E-state index contributed by atoms with van der Waals surface area (Å²) in [6.07, 6.45) is 5.05. The fourth-order valence-electron chi connectivity index (χ4n) is 3.66. The number of carbonyl (C=O) groups excluding carboxylic acids is 2. The number of tetrazole rings is 1. The fourth-order valence-corrected chi connectivity index (χ4v) is 5.75. The summed E-state index contributed by atoms with van der Waals surface area (Å²) in [6.45, 7) is 3.88. The van der Waals surface area contributed by atoms with Crippen LogP contribution in [-0.4, -0.2) is 43.9 Å². The lowest BCUT2D eigenvalue weighted by atomic mass is 10.1. The van der Waals surface area contributed by atoms with Crippen LogP contribution >= 0.6 is 23.1 Å². The highest BCUT2D eigenvalue weighted by molar-refractivity contribution is 8.00. The molecule has 0 fully saturated rings. The summed E-state index contributed by atoms with van der Waals surface area (Å²) in [7, 11) is 0. The molecular formula is C22H25N5O3S2. The second kappa shape index (κ2) is 10.3. The van der Waals surface area contributed by atoms with E-state index in [4.69, 9.17) is 4.74 Å². The summed E-state index contributed by atoms with van der Waals surface area (Å²) in [6, 6.07) is 9.52. The van der Waals surface area contributed by atoms with Crippen molar-refractivity contribution >= 4 is 40.0 Å². The van der Waals surface area contributed by atoms with Crippen molar-refractivity contribution in [1.82, 2.24) is 20.2 Å². The van der Waals surface area contributed by atoms with Crippen LogP contribution in [-0.2, 0) is 22.4 Å². The second-order valence-corrected chi connectivity index (χ2v) is 9.86. The Kier molecular flexibility index (Phi) is 7.21. The van der Waals surface area contributed by atoms with E-state index in [2.05, 4.69) is 20.8 Å². The van der Waals surface area contributed by atoms with Gasteiger partial charge in [-0.1, -0.05) is 36.4 Å². The van der Waals surface area contributed by atoms with Gasteiger partial charge in [-0.25, -0.2) is 4.79 Å². The normalized spacial score (nSPS) is 14.3. The number of aromatic nitrogens is 4. The van der Waals surface area contributed by atoms with Crippen LogP contribution in [0.4, 0.5) is 5.00 Å². The van der Waals surface area contributed by atoms with Gasteiger partial charge in [-0.2, -0.15) is 4.68 Å². The lowest BCUT2D eigenvalue weighted by molar-refractivity contribution is -0.115. The molecule has 0 bridgehead atoms. The van der Waals surface area contributed by atoms with Crippen molar-refractivity contribution in [2.45, 2.75) is 56.4 Å². The molecule has 10 heteroatoms. The minimum absolute atomic E-state index is 0.209. The molecule has 32 heavy (non-hydrogen) atoms. The van der Waals surface area contributed by atoms with Gasteiger partial charge in [0.15, 0.2) is 0 Å². The molecule has 0 spiro atoms. The van der Waals surface area contributed by atoms with Crippen LogP contribution in [0.5, 0.6) is 0 Å². The molecule has 2 aromatic heterocycles. The highest BCUT2D eigenvalue weighted by Crippen LogP contribution is 2.38. The molecule has 1 aliphatic rings. The lowest BCUT2D eigenvalue weighted by Crippen LogP contribution is -2.23. The number of esters is 1. The van der Waals surface area contributed by atoms with Gasteiger partial charge in [0.1, 0.15) is 5.00 Å². The molecule has 0 saturated carbocycles. The molecule has 1 amide bonds. The fraction of sp³-hybridized carbons (Fsp3) is 0.409. The van der Waals surface area contributed by atoms with Gasteiger partial charge in [0.25, 0.3) is 0 Å². The molecule has 1 aromatic carbocycles. The summed E-state index contributed by atoms with van der Waals surface area (Å²) < 4.78 is 6.91. The number of amides is 1. The van der Waals surface area contributed by atoms with E-state index in [0.717, 1.165) is 43.4 Å². The number of hydrogen-bond donors (Lipinski definition) is 1. The number of carbonyl (C=O) groups is 2. The van der Waals surface area contributed by atoms with Gasteiger partial charge < -0.3 is 10.1 Å². The number of nitrogens with zero attached hydrogens (tertiary/aromatic N) is 4. The lowest BCUT2D eigenvalue weighted by Gasteiger charge is -2.12. The Morgan fingerprint density at radius 3 is 2.78 bits per heavy atom. The summed E-state index contributed by atoms with van der Waals surface area (Å²) in [5, 5.41) is 15.5. The Morgan fingerprint density at radius 2 is 2.00 bits per heavy atom. The maximum absolute atomic E-state index is 13.0. The van der Waals surface area contributed by atoms with Crippen molar-refractivity contribution in [3.63, 3.8) is 0 Å². The van der Waals surface area contributed by atoms with Crippen LogP contribution < -0.4 is 5.32 Å². The molecule has 0 aliphatic heterocycles. The molecule has 0 saturated heterocycles. The highest BCUT2D eigenvalue weighted by Gasteiger charge is 2.28. The quantitative estimate of drug-likeness (QED) is 0.312. The minimum atomic E-state index is -0.472. The number of thioether (sulfide) groups is 1. The predicted octanol–water partition coefficient (Wildman–Crippen LogP) is 4.29. The average molecular weight is 472 g/mol. The van der Waals surface area contributed by atoms with Crippen molar-refractivity contribution < 1.29 is 14.3 Å². The van der Waals surface area contributed by atoms with Gasteiger partial charge in [0.05, 0.1) is 23.1 Å². The first-order chi connectivity index (χ1) is 15.6. The molecule has 4 rings (SSSR count). The topological polar surface area (TPSA) is 99.0 Å². The largest absolute Gasteiger partial charge is 0.462 e. The number of benzene rings is 1. The number of para-hydroxylation sites is 1. The van der Waals surface area contributed by atoms with Crippen LogP contribution in [0.15, 0.2) is 35.5 Å². The smallest absolute Gasteiger partial charge is 0.341 e. The summed E-state index contributed by atoms with van der Waals surface area (Å²) >= 11 is 2.76. The van der Waals surface area contributed by atoms with E-state index in [9.17, 15) is 9.59 Å². The van der Waals surface area contributed by atoms with Gasteiger partial charge in [-0.3, -0.25) is 4.79 Å². The number of thiophene rings is 1. The van der Waals surface area contributed by atoms with Gasteiger partial charge >= 0.3 is 5.97 Å². The molecule has 3 aromatic rings. The van der Waals surface area contributed by atoms with Crippen LogP contribution in [0, 0.1) is 0 Å². The summed E-state index contributed by atoms with van der Waals surface area (Å²) in [4.78, 5) is 26.9. The molecule has 1 N–H and O–H groups in total. The third-order valence-electron chi connectivity index (χ3n) is 5.23. The Hall–Kier alpha value is -2.72. The number of rotatable bonds is 7. The Balaban J connectivity index is 1.53. The van der Waals surface area contributed by atoms with E-state index < -0.39 is 5.25 Å². The average Bonchev–Trinajstić information content (AvgIpc) is 3.31. The van der Waals surface area contributed by atoms with Crippen molar-refractivity contribution in [3.8, 4) is 5.69 Å². The number of hydrogen-bond acceptors (Lipinski definition) is 8. The van der Waals surface area contributed by atoms with E-state index in [1.165, 1.54) is 28.0 Å². The van der Waals surface area contributed by atoms with Crippen LogP contribution in [0.1, 0.15) is 53.9 Å². The predicted molar refractivity (Wildman–Crippen MR) is 125 cm³/mol. The first-order valence-electron chi connectivity index (χ1n) is 10.7. The van der Waals surface area contributed by atoms with E-state index in [-0.39, 0.29) is 11.9 Å². The van der Waals surface area contributed by atoms with Crippen molar-refractivity contribution in [3.05, 3.63) is 46.3 Å². The third-order valence-corrected chi connectivity index (χ3v) is 7.47. The molecule has 168 valence electrons. The van der Waals surface area contributed by atoms with Crippen LogP contribution in [0.2, 0.25) is 0 Å². The Labute approximate surface area is 194 Å². The third kappa shape index (κ3) is 4.86. The minimum Gasteiger partial charge on any atom is -0.462 e. The van der Waals surface area contributed by atoms with Crippen LogP contribution in [0.3, 0.4) is 0 Å². The summed E-state index contributed by atoms with van der Waals surface area (Å²) in [5.74, 6) is -0.574. The maximum atomic E-state index is 13.0. The van der Waals surface area contributed by atoms with Gasteiger partial charge in [-0.05, 0) is 67.7 Å². The van der Waals surface area contributed by atoms with Gasteiger partial charge in [-0.15, -0.1) is 16.4 Å². The zero-order valence-corrected chi connectivity index (χ0v) is 19.7. The number of aryl methyl sites for hydroxylation is 1. The van der Waals surface area contributed by atoms with E-state index in [1.807, 2.05) is 30.3 Å². The van der Waals surface area contributed by atoms with E-state index in [1.54, 1.807) is 18.5 Å². The molecule has 1 atom stereocenters. The van der Waals surface area contributed by atoms with Gasteiger partial charge in [0, 0.05) is 4.88 Å². The first kappa shape index (κ1) is 22.5. The SMILES string of the molecule is CCOC(=O)c1c(NC(=O)C(C)Sc2nnnn2-c2ccccc2)sc2c1CCCCC2. The molecule has 2 heterocycles. The first-order valence-corrected chi connectivity index (χ1v) is 12.4. The second-order valence-electron chi connectivity index (χ2n) is 7.45.